The lowest BCUT2D eigenvalue weighted by Gasteiger charge is -2.36. The summed E-state index contributed by atoms with van der Waals surface area (Å²) in [6.07, 6.45) is 5.27. The summed E-state index contributed by atoms with van der Waals surface area (Å²) >= 11 is 0. The second kappa shape index (κ2) is 4.51. The molecule has 2 heterocycles. The van der Waals surface area contributed by atoms with Crippen molar-refractivity contribution in [3.05, 3.63) is 0 Å². The fourth-order valence-electron chi connectivity index (χ4n) is 2.97. The number of fused-ring (bicyclic) bond motifs is 2. The van der Waals surface area contributed by atoms with E-state index in [1.165, 1.54) is 25.7 Å². The van der Waals surface area contributed by atoms with E-state index in [-0.39, 0.29) is 5.92 Å². The predicted octanol–water partition coefficient (Wildman–Crippen LogP) is 1.36. The van der Waals surface area contributed by atoms with Gasteiger partial charge in [-0.05, 0) is 39.7 Å². The van der Waals surface area contributed by atoms with Crippen LogP contribution in [-0.2, 0) is 0 Å². The minimum atomic E-state index is 0.141. The molecular weight excluding hydrogens is 186 g/mol. The molecule has 0 aromatic heterocycles. The third-order valence-electron chi connectivity index (χ3n) is 4.03. The number of hydrogen-bond donors (Lipinski definition) is 1. The van der Waals surface area contributed by atoms with Crippen molar-refractivity contribution in [2.45, 2.75) is 50.7 Å². The van der Waals surface area contributed by atoms with Crippen LogP contribution in [0.5, 0.6) is 0 Å². The second-order valence-corrected chi connectivity index (χ2v) is 5.16. The fraction of sp³-hybridized carbons (Fsp3) is 0.917. The van der Waals surface area contributed by atoms with E-state index in [9.17, 15) is 0 Å². The molecule has 3 atom stereocenters. The van der Waals surface area contributed by atoms with Crippen LogP contribution >= 0.6 is 0 Å². The molecule has 1 N–H and O–H groups in total. The Labute approximate surface area is 92.4 Å². The molecule has 0 spiro atoms. The van der Waals surface area contributed by atoms with Crippen molar-refractivity contribution in [1.82, 2.24) is 10.2 Å². The number of piperidine rings is 1. The number of nitrogens with one attached hydrogen (secondary N) is 1. The third kappa shape index (κ3) is 2.32. The van der Waals surface area contributed by atoms with Gasteiger partial charge in [0.2, 0.25) is 0 Å². The fourth-order valence-corrected chi connectivity index (χ4v) is 2.97. The first-order chi connectivity index (χ1) is 7.20. The summed E-state index contributed by atoms with van der Waals surface area (Å²) in [5, 5.41) is 12.3. The zero-order valence-corrected chi connectivity index (χ0v) is 9.74. The molecule has 0 aromatic carbocycles. The van der Waals surface area contributed by atoms with Gasteiger partial charge in [-0.25, -0.2) is 0 Å². The Bertz CT molecular complexity index is 244. The molecule has 3 heteroatoms. The minimum Gasteiger partial charge on any atom is -0.313 e. The number of rotatable bonds is 3. The summed E-state index contributed by atoms with van der Waals surface area (Å²) in [6, 6.07) is 4.51. The molecule has 84 valence electrons. The summed E-state index contributed by atoms with van der Waals surface area (Å²) < 4.78 is 0. The maximum absolute atomic E-state index is 8.72. The van der Waals surface area contributed by atoms with E-state index < -0.39 is 0 Å². The van der Waals surface area contributed by atoms with Crippen LogP contribution in [0.15, 0.2) is 0 Å². The maximum Gasteiger partial charge on any atom is 0.0666 e. The summed E-state index contributed by atoms with van der Waals surface area (Å²) in [4.78, 5) is 2.55. The monoisotopic (exact) mass is 207 g/mol. The molecule has 3 nitrogen and oxygen atoms in total. The molecule has 2 bridgehead atoms. The van der Waals surface area contributed by atoms with Gasteiger partial charge >= 0.3 is 0 Å². The Morgan fingerprint density at radius 2 is 2.00 bits per heavy atom. The van der Waals surface area contributed by atoms with Crippen molar-refractivity contribution in [2.75, 3.05) is 13.6 Å². The van der Waals surface area contributed by atoms with E-state index in [2.05, 4.69) is 23.3 Å². The summed E-state index contributed by atoms with van der Waals surface area (Å²) in [6.45, 7) is 2.83. The Hall–Kier alpha value is -0.590. The van der Waals surface area contributed by atoms with Gasteiger partial charge in [0, 0.05) is 24.7 Å². The van der Waals surface area contributed by atoms with Crippen LogP contribution in [0.2, 0.25) is 0 Å². The molecule has 2 saturated heterocycles. The lowest BCUT2D eigenvalue weighted by molar-refractivity contribution is 0.148. The molecular formula is C12H21N3. The normalized spacial score (nSPS) is 37.5. The van der Waals surface area contributed by atoms with Crippen LogP contribution in [0.25, 0.3) is 0 Å². The smallest absolute Gasteiger partial charge is 0.0666 e. The number of nitrogens with zero attached hydrogens (tertiary/aromatic N) is 2. The molecule has 0 amide bonds. The van der Waals surface area contributed by atoms with Crippen molar-refractivity contribution in [3.8, 4) is 6.07 Å². The molecule has 2 aliphatic heterocycles. The molecule has 2 fully saturated rings. The highest BCUT2D eigenvalue weighted by Gasteiger charge is 2.38. The van der Waals surface area contributed by atoms with Crippen LogP contribution in [-0.4, -0.2) is 36.6 Å². The molecule has 0 aromatic rings. The first-order valence-electron chi connectivity index (χ1n) is 6.05. The van der Waals surface area contributed by atoms with Gasteiger partial charge in [0.05, 0.1) is 12.0 Å². The van der Waals surface area contributed by atoms with Gasteiger partial charge in [0.1, 0.15) is 0 Å². The molecule has 2 rings (SSSR count). The largest absolute Gasteiger partial charge is 0.313 e. The molecule has 0 radical (unpaired) electrons. The predicted molar refractivity (Wildman–Crippen MR) is 60.4 cm³/mol. The first-order valence-corrected chi connectivity index (χ1v) is 6.05. The SMILES string of the molecule is CC(C#N)CNC1CC2CCC(C1)N2C. The van der Waals surface area contributed by atoms with E-state index in [0.717, 1.165) is 18.6 Å². The highest BCUT2D eigenvalue weighted by molar-refractivity contribution is 4.96. The Kier molecular flexibility index (Phi) is 3.28. The Morgan fingerprint density at radius 3 is 2.53 bits per heavy atom. The molecule has 0 saturated carbocycles. The van der Waals surface area contributed by atoms with Gasteiger partial charge in [-0.2, -0.15) is 5.26 Å². The van der Waals surface area contributed by atoms with Crippen molar-refractivity contribution in [3.63, 3.8) is 0 Å². The zero-order chi connectivity index (χ0) is 10.8. The van der Waals surface area contributed by atoms with Crippen LogP contribution in [0, 0.1) is 17.2 Å². The van der Waals surface area contributed by atoms with Gasteiger partial charge in [-0.3, -0.25) is 0 Å². The molecule has 0 aliphatic carbocycles. The molecule has 2 aliphatic rings. The highest BCUT2D eigenvalue weighted by atomic mass is 15.2. The van der Waals surface area contributed by atoms with Crippen LogP contribution in [0.3, 0.4) is 0 Å². The first kappa shape index (κ1) is 10.9. The van der Waals surface area contributed by atoms with Gasteiger partial charge in [0.25, 0.3) is 0 Å². The standard InChI is InChI=1S/C12H21N3/c1-9(7-13)8-14-10-5-11-3-4-12(6-10)15(11)2/h9-12,14H,3-6,8H2,1-2H3. The Balaban J connectivity index is 1.80. The van der Waals surface area contributed by atoms with E-state index >= 15 is 0 Å². The van der Waals surface area contributed by atoms with E-state index in [1.807, 2.05) is 6.92 Å². The quantitative estimate of drug-likeness (QED) is 0.759. The molecule has 15 heavy (non-hydrogen) atoms. The summed E-state index contributed by atoms with van der Waals surface area (Å²) in [5.41, 5.74) is 0. The Morgan fingerprint density at radius 1 is 1.40 bits per heavy atom. The number of hydrogen-bond acceptors (Lipinski definition) is 3. The van der Waals surface area contributed by atoms with Crippen molar-refractivity contribution in [1.29, 1.82) is 5.26 Å². The second-order valence-electron chi connectivity index (χ2n) is 5.16. The molecule has 3 unspecified atom stereocenters. The summed E-state index contributed by atoms with van der Waals surface area (Å²) in [7, 11) is 2.26. The van der Waals surface area contributed by atoms with Crippen LogP contribution in [0.4, 0.5) is 0 Å². The van der Waals surface area contributed by atoms with Crippen molar-refractivity contribution in [2.24, 2.45) is 5.92 Å². The average Bonchev–Trinajstić information content (AvgIpc) is 2.50. The van der Waals surface area contributed by atoms with E-state index in [1.54, 1.807) is 0 Å². The lowest BCUT2D eigenvalue weighted by Crippen LogP contribution is -2.47. The number of nitriles is 1. The maximum atomic E-state index is 8.72. The van der Waals surface area contributed by atoms with Gasteiger partial charge in [0.15, 0.2) is 0 Å². The van der Waals surface area contributed by atoms with Gasteiger partial charge < -0.3 is 10.2 Å². The lowest BCUT2D eigenvalue weighted by atomic mass is 9.97. The zero-order valence-electron chi connectivity index (χ0n) is 9.74. The van der Waals surface area contributed by atoms with Crippen molar-refractivity contribution < 1.29 is 0 Å². The topological polar surface area (TPSA) is 39.1 Å². The van der Waals surface area contributed by atoms with Gasteiger partial charge in [-0.15, -0.1) is 0 Å². The summed E-state index contributed by atoms with van der Waals surface area (Å²) in [5.74, 6) is 0.141. The van der Waals surface area contributed by atoms with Gasteiger partial charge in [-0.1, -0.05) is 0 Å². The highest BCUT2D eigenvalue weighted by Crippen LogP contribution is 2.34. The van der Waals surface area contributed by atoms with Crippen molar-refractivity contribution >= 4 is 0 Å². The average molecular weight is 207 g/mol. The minimum absolute atomic E-state index is 0.141. The van der Waals surface area contributed by atoms with E-state index in [0.29, 0.717) is 6.04 Å². The van der Waals surface area contributed by atoms with Crippen LogP contribution < -0.4 is 5.32 Å². The van der Waals surface area contributed by atoms with E-state index in [4.69, 9.17) is 5.26 Å². The van der Waals surface area contributed by atoms with Crippen LogP contribution in [0.1, 0.15) is 32.6 Å². The third-order valence-corrected chi connectivity index (χ3v) is 4.03.